The van der Waals surface area contributed by atoms with E-state index in [1.807, 2.05) is 13.8 Å². The van der Waals surface area contributed by atoms with Gasteiger partial charge in [-0.2, -0.15) is 0 Å². The first-order valence-electron chi connectivity index (χ1n) is 5.81. The molecule has 0 bridgehead atoms. The molecule has 1 saturated heterocycles. The van der Waals surface area contributed by atoms with Crippen molar-refractivity contribution in [3.05, 3.63) is 0 Å². The fraction of sp³-hybridized carbons (Fsp3) is 0.818. The third-order valence-corrected chi connectivity index (χ3v) is 3.90. The molecule has 0 spiro atoms. The molecule has 0 aromatic rings. The molecule has 1 N–H and O–H groups in total. The number of amides is 1. The van der Waals surface area contributed by atoms with E-state index in [0.29, 0.717) is 31.8 Å². The van der Waals surface area contributed by atoms with Crippen LogP contribution in [0.3, 0.4) is 0 Å². The topological polar surface area (TPSA) is 66.8 Å². The highest BCUT2D eigenvalue weighted by Crippen LogP contribution is 2.29. The fourth-order valence-corrected chi connectivity index (χ4v) is 3.00. The molecule has 5 nitrogen and oxygen atoms in total. The number of nitrogens with zero attached hydrogens (tertiary/aromatic N) is 1. The lowest BCUT2D eigenvalue weighted by Crippen LogP contribution is -2.44. The standard InChI is InChI=1S/C11H19NO4S/c1-3-16-6-4-5-10(13)12-8(2)17-7-9(12)11(14)15/h8-9H,3-7H2,1-2H3,(H,14,15). The van der Waals surface area contributed by atoms with Gasteiger partial charge in [0.25, 0.3) is 0 Å². The highest BCUT2D eigenvalue weighted by atomic mass is 32.2. The Morgan fingerprint density at radius 1 is 1.53 bits per heavy atom. The van der Waals surface area contributed by atoms with Crippen molar-refractivity contribution in [3.8, 4) is 0 Å². The van der Waals surface area contributed by atoms with Crippen LogP contribution in [0.1, 0.15) is 26.7 Å². The fourth-order valence-electron chi connectivity index (χ4n) is 1.81. The van der Waals surface area contributed by atoms with E-state index < -0.39 is 12.0 Å². The molecule has 0 saturated carbocycles. The van der Waals surface area contributed by atoms with Gasteiger partial charge in [0.1, 0.15) is 6.04 Å². The van der Waals surface area contributed by atoms with Gasteiger partial charge in [0, 0.05) is 25.4 Å². The number of aliphatic carboxylic acids is 1. The number of hydrogen-bond acceptors (Lipinski definition) is 4. The minimum absolute atomic E-state index is 0.0457. The summed E-state index contributed by atoms with van der Waals surface area (Å²) in [6.45, 7) is 4.97. The number of carbonyl (C=O) groups is 2. The maximum Gasteiger partial charge on any atom is 0.327 e. The molecule has 1 aliphatic rings. The summed E-state index contributed by atoms with van der Waals surface area (Å²) >= 11 is 1.51. The Bertz CT molecular complexity index is 285. The molecule has 0 aromatic carbocycles. The normalized spacial score (nSPS) is 24.0. The molecule has 17 heavy (non-hydrogen) atoms. The van der Waals surface area contributed by atoms with Crippen molar-refractivity contribution in [1.29, 1.82) is 0 Å². The highest BCUT2D eigenvalue weighted by molar-refractivity contribution is 8.00. The summed E-state index contributed by atoms with van der Waals surface area (Å²) in [4.78, 5) is 24.4. The Morgan fingerprint density at radius 3 is 2.82 bits per heavy atom. The Labute approximate surface area is 105 Å². The van der Waals surface area contributed by atoms with Crippen LogP contribution >= 0.6 is 11.8 Å². The van der Waals surface area contributed by atoms with Crippen molar-refractivity contribution in [3.63, 3.8) is 0 Å². The molecule has 2 unspecified atom stereocenters. The van der Waals surface area contributed by atoms with E-state index in [-0.39, 0.29) is 11.3 Å². The second-order valence-corrected chi connectivity index (χ2v) is 5.24. The van der Waals surface area contributed by atoms with Gasteiger partial charge in [0.05, 0.1) is 5.37 Å². The monoisotopic (exact) mass is 261 g/mol. The Hall–Kier alpha value is -0.750. The molecule has 1 fully saturated rings. The van der Waals surface area contributed by atoms with E-state index in [4.69, 9.17) is 9.84 Å². The third-order valence-electron chi connectivity index (χ3n) is 2.68. The van der Waals surface area contributed by atoms with Crippen molar-refractivity contribution in [2.24, 2.45) is 0 Å². The first kappa shape index (κ1) is 14.3. The van der Waals surface area contributed by atoms with Crippen LogP contribution in [-0.2, 0) is 14.3 Å². The molecular weight excluding hydrogens is 242 g/mol. The predicted octanol–water partition coefficient (Wildman–Crippen LogP) is 1.18. The van der Waals surface area contributed by atoms with Crippen molar-refractivity contribution < 1.29 is 19.4 Å². The van der Waals surface area contributed by atoms with Crippen LogP contribution in [0.5, 0.6) is 0 Å². The number of carboxylic acid groups (broad SMARTS) is 1. The summed E-state index contributed by atoms with van der Waals surface area (Å²) in [7, 11) is 0. The van der Waals surface area contributed by atoms with Crippen LogP contribution in [0.25, 0.3) is 0 Å². The summed E-state index contributed by atoms with van der Waals surface area (Å²) in [6, 6.07) is -0.672. The number of rotatable bonds is 6. The lowest BCUT2D eigenvalue weighted by atomic mass is 10.2. The molecule has 0 aliphatic carbocycles. The van der Waals surface area contributed by atoms with Crippen LogP contribution in [0, 0.1) is 0 Å². The SMILES string of the molecule is CCOCCCC(=O)N1C(C)SCC1C(=O)O. The van der Waals surface area contributed by atoms with E-state index in [9.17, 15) is 9.59 Å². The van der Waals surface area contributed by atoms with Crippen molar-refractivity contribution >= 4 is 23.6 Å². The zero-order valence-corrected chi connectivity index (χ0v) is 11.0. The van der Waals surface area contributed by atoms with Gasteiger partial charge >= 0.3 is 5.97 Å². The largest absolute Gasteiger partial charge is 0.480 e. The van der Waals surface area contributed by atoms with Gasteiger partial charge in [-0.15, -0.1) is 11.8 Å². The van der Waals surface area contributed by atoms with Crippen LogP contribution in [-0.4, -0.2) is 52.3 Å². The third kappa shape index (κ3) is 3.89. The molecule has 1 amide bonds. The zero-order chi connectivity index (χ0) is 12.8. The molecule has 1 aliphatic heterocycles. The predicted molar refractivity (Wildman–Crippen MR) is 65.9 cm³/mol. The molecule has 0 aromatic heterocycles. The Morgan fingerprint density at radius 2 is 2.24 bits per heavy atom. The molecule has 6 heteroatoms. The number of hydrogen-bond donors (Lipinski definition) is 1. The lowest BCUT2D eigenvalue weighted by molar-refractivity contribution is -0.149. The van der Waals surface area contributed by atoms with Gasteiger partial charge in [-0.3, -0.25) is 4.79 Å². The number of carbonyl (C=O) groups excluding carboxylic acids is 1. The summed E-state index contributed by atoms with van der Waals surface area (Å²) in [5.74, 6) is -0.525. The van der Waals surface area contributed by atoms with Crippen LogP contribution in [0.15, 0.2) is 0 Å². The minimum Gasteiger partial charge on any atom is -0.480 e. The highest BCUT2D eigenvalue weighted by Gasteiger charge is 2.38. The van der Waals surface area contributed by atoms with Crippen LogP contribution in [0.4, 0.5) is 0 Å². The Kier molecular flexibility index (Phi) is 5.77. The van der Waals surface area contributed by atoms with E-state index in [0.717, 1.165) is 0 Å². The summed E-state index contributed by atoms with van der Waals surface area (Å²) in [5.41, 5.74) is 0. The Balaban J connectivity index is 2.45. The van der Waals surface area contributed by atoms with Crippen LogP contribution < -0.4 is 0 Å². The zero-order valence-electron chi connectivity index (χ0n) is 10.2. The van der Waals surface area contributed by atoms with Gasteiger partial charge in [-0.1, -0.05) is 0 Å². The van der Waals surface area contributed by atoms with Crippen molar-refractivity contribution in [2.45, 2.75) is 38.1 Å². The molecule has 1 heterocycles. The minimum atomic E-state index is -0.917. The smallest absolute Gasteiger partial charge is 0.327 e. The number of thioether (sulfide) groups is 1. The van der Waals surface area contributed by atoms with Gasteiger partial charge in [0.15, 0.2) is 0 Å². The maximum absolute atomic E-state index is 11.9. The average molecular weight is 261 g/mol. The quantitative estimate of drug-likeness (QED) is 0.727. The molecule has 0 radical (unpaired) electrons. The van der Waals surface area contributed by atoms with Gasteiger partial charge in [-0.05, 0) is 20.3 Å². The lowest BCUT2D eigenvalue weighted by Gasteiger charge is -2.25. The first-order valence-corrected chi connectivity index (χ1v) is 6.86. The maximum atomic E-state index is 11.9. The molecule has 1 rings (SSSR count). The molecule has 98 valence electrons. The van der Waals surface area contributed by atoms with E-state index in [2.05, 4.69) is 0 Å². The number of carboxylic acids is 1. The molecular formula is C11H19NO4S. The summed E-state index contributed by atoms with van der Waals surface area (Å²) in [6.07, 6.45) is 1.00. The van der Waals surface area contributed by atoms with Crippen molar-refractivity contribution in [2.75, 3.05) is 19.0 Å². The van der Waals surface area contributed by atoms with Gasteiger partial charge in [-0.25, -0.2) is 4.79 Å². The second kappa shape index (κ2) is 6.86. The van der Waals surface area contributed by atoms with E-state index >= 15 is 0 Å². The average Bonchev–Trinajstić information content (AvgIpc) is 2.66. The van der Waals surface area contributed by atoms with Crippen molar-refractivity contribution in [1.82, 2.24) is 4.90 Å². The van der Waals surface area contributed by atoms with Gasteiger partial charge in [0.2, 0.25) is 5.91 Å². The van der Waals surface area contributed by atoms with Crippen LogP contribution in [0.2, 0.25) is 0 Å². The van der Waals surface area contributed by atoms with E-state index in [1.165, 1.54) is 16.7 Å². The summed E-state index contributed by atoms with van der Waals surface area (Å²) in [5, 5.41) is 8.98. The molecule has 2 atom stereocenters. The summed E-state index contributed by atoms with van der Waals surface area (Å²) < 4.78 is 5.16. The van der Waals surface area contributed by atoms with E-state index in [1.54, 1.807) is 0 Å². The van der Waals surface area contributed by atoms with Gasteiger partial charge < -0.3 is 14.7 Å². The first-order chi connectivity index (χ1) is 8.07. The number of ether oxygens (including phenoxy) is 1. The second-order valence-electron chi connectivity index (χ2n) is 3.89.